The second-order valence-corrected chi connectivity index (χ2v) is 8.26. The van der Waals surface area contributed by atoms with Gasteiger partial charge in [0.05, 0.1) is 28.9 Å². The van der Waals surface area contributed by atoms with E-state index in [0.29, 0.717) is 5.56 Å². The summed E-state index contributed by atoms with van der Waals surface area (Å²) in [4.78, 5) is 18.1. The molecule has 0 saturated carbocycles. The number of anilines is 1. The quantitative estimate of drug-likeness (QED) is 0.545. The number of hydrogen-bond acceptors (Lipinski definition) is 5. The molecule has 7 nitrogen and oxygen atoms in total. The molecule has 0 spiro atoms. The van der Waals surface area contributed by atoms with Crippen molar-refractivity contribution in [2.45, 2.75) is 65.1 Å². The predicted molar refractivity (Wildman–Crippen MR) is 127 cm³/mol. The lowest BCUT2D eigenvalue weighted by Crippen LogP contribution is -2.32. The molecule has 1 aromatic carbocycles. The Balaban J connectivity index is 1.68. The van der Waals surface area contributed by atoms with Crippen LogP contribution in [-0.2, 0) is 17.7 Å². The van der Waals surface area contributed by atoms with Gasteiger partial charge in [-0.1, -0.05) is 38.1 Å². The van der Waals surface area contributed by atoms with E-state index in [-0.39, 0.29) is 18.0 Å². The van der Waals surface area contributed by atoms with Crippen LogP contribution in [0.4, 0.5) is 5.69 Å². The Labute approximate surface area is 189 Å². The van der Waals surface area contributed by atoms with Crippen molar-refractivity contribution in [3.63, 3.8) is 0 Å². The molecule has 2 N–H and O–H groups in total. The minimum absolute atomic E-state index is 0.0522. The summed E-state index contributed by atoms with van der Waals surface area (Å²) >= 11 is 0. The summed E-state index contributed by atoms with van der Waals surface area (Å²) in [5, 5.41) is 12.3. The second-order valence-electron chi connectivity index (χ2n) is 8.26. The number of carbonyl (C=O) groups is 1. The molecule has 4 rings (SSSR count). The summed E-state index contributed by atoms with van der Waals surface area (Å²) in [5.41, 5.74) is 4.61. The van der Waals surface area contributed by atoms with E-state index in [2.05, 4.69) is 52.8 Å². The number of benzene rings is 1. The summed E-state index contributed by atoms with van der Waals surface area (Å²) in [5.74, 6) is -0.115. The van der Waals surface area contributed by atoms with E-state index in [4.69, 9.17) is 4.74 Å². The first-order valence-corrected chi connectivity index (χ1v) is 11.7. The molecule has 1 amide bonds. The number of hydrogen-bond donors (Lipinski definition) is 2. The second kappa shape index (κ2) is 10.1. The van der Waals surface area contributed by atoms with Gasteiger partial charge in [-0.05, 0) is 43.7 Å². The molecule has 1 fully saturated rings. The van der Waals surface area contributed by atoms with E-state index < -0.39 is 0 Å². The first kappa shape index (κ1) is 22.3. The Kier molecular flexibility index (Phi) is 7.05. The summed E-state index contributed by atoms with van der Waals surface area (Å²) in [6, 6.07) is 8.54. The third-order valence-electron chi connectivity index (χ3n) is 6.31. The number of amides is 1. The molecule has 2 aromatic heterocycles. The Hall–Kier alpha value is -2.93. The van der Waals surface area contributed by atoms with Gasteiger partial charge in [-0.25, -0.2) is 9.67 Å². The van der Waals surface area contributed by atoms with Crippen LogP contribution in [0.1, 0.15) is 67.6 Å². The molecule has 3 aromatic rings. The first-order chi connectivity index (χ1) is 15.7. The maximum atomic E-state index is 13.5. The summed E-state index contributed by atoms with van der Waals surface area (Å²) in [6.07, 6.45) is 7.07. The average Bonchev–Trinajstić information content (AvgIpc) is 3.27. The van der Waals surface area contributed by atoms with Crippen LogP contribution in [0, 0.1) is 0 Å². The largest absolute Gasteiger partial charge is 0.381 e. The van der Waals surface area contributed by atoms with Crippen molar-refractivity contribution in [3.8, 4) is 0 Å². The van der Waals surface area contributed by atoms with E-state index in [1.165, 1.54) is 11.1 Å². The van der Waals surface area contributed by atoms with E-state index in [0.717, 1.165) is 62.2 Å². The number of nitrogens with zero attached hydrogens (tertiary/aromatic N) is 3. The normalized spacial score (nSPS) is 15.6. The predicted octanol–water partition coefficient (Wildman–Crippen LogP) is 4.49. The maximum Gasteiger partial charge on any atom is 0.255 e. The molecule has 170 valence electrons. The molecule has 1 aliphatic rings. The number of rotatable bonds is 8. The van der Waals surface area contributed by atoms with Gasteiger partial charge >= 0.3 is 0 Å². The van der Waals surface area contributed by atoms with Crippen LogP contribution in [0.25, 0.3) is 11.0 Å². The molecule has 0 aliphatic carbocycles. The standard InChI is InChI=1S/C25H33N5O2/c1-4-17-9-7-8-10-19(17)22(5-2)29-25(31)21-15-26-24-20(16-27-30(24)6-3)23(21)28-18-11-13-32-14-12-18/h7-10,15-16,18,22H,4-6,11-14H2,1-3H3,(H,26,28)(H,29,31). The molecule has 1 saturated heterocycles. The Morgan fingerprint density at radius 2 is 1.97 bits per heavy atom. The zero-order chi connectivity index (χ0) is 22.5. The fraction of sp³-hybridized carbons (Fsp3) is 0.480. The van der Waals surface area contributed by atoms with Crippen LogP contribution < -0.4 is 10.6 Å². The highest BCUT2D eigenvalue weighted by atomic mass is 16.5. The van der Waals surface area contributed by atoms with Crippen molar-refractivity contribution in [3.05, 3.63) is 53.3 Å². The molecule has 7 heteroatoms. The highest BCUT2D eigenvalue weighted by Gasteiger charge is 2.24. The molecular formula is C25H33N5O2. The minimum Gasteiger partial charge on any atom is -0.381 e. The Morgan fingerprint density at radius 3 is 2.69 bits per heavy atom. The molecule has 32 heavy (non-hydrogen) atoms. The van der Waals surface area contributed by atoms with Gasteiger partial charge < -0.3 is 15.4 Å². The van der Waals surface area contributed by atoms with Crippen LogP contribution in [0.3, 0.4) is 0 Å². The van der Waals surface area contributed by atoms with Gasteiger partial charge in [0.15, 0.2) is 5.65 Å². The van der Waals surface area contributed by atoms with Crippen molar-refractivity contribution in [2.24, 2.45) is 0 Å². The van der Waals surface area contributed by atoms with Gasteiger partial charge in [0.25, 0.3) is 5.91 Å². The fourth-order valence-corrected chi connectivity index (χ4v) is 4.46. The molecule has 1 unspecified atom stereocenters. The number of pyridine rings is 1. The Bertz CT molecular complexity index is 1070. The highest BCUT2D eigenvalue weighted by molar-refractivity contribution is 6.06. The van der Waals surface area contributed by atoms with Crippen molar-refractivity contribution < 1.29 is 9.53 Å². The number of aromatic nitrogens is 3. The van der Waals surface area contributed by atoms with Crippen molar-refractivity contribution >= 4 is 22.6 Å². The minimum atomic E-state index is -0.115. The third kappa shape index (κ3) is 4.48. The van der Waals surface area contributed by atoms with Crippen LogP contribution >= 0.6 is 0 Å². The Morgan fingerprint density at radius 1 is 1.19 bits per heavy atom. The topological polar surface area (TPSA) is 81.1 Å². The van der Waals surface area contributed by atoms with Gasteiger partial charge in [0, 0.05) is 32.0 Å². The van der Waals surface area contributed by atoms with E-state index in [1.807, 2.05) is 23.9 Å². The molecule has 1 aliphatic heterocycles. The van der Waals surface area contributed by atoms with Gasteiger partial charge in [-0.2, -0.15) is 5.10 Å². The fourth-order valence-electron chi connectivity index (χ4n) is 4.46. The number of nitrogens with one attached hydrogen (secondary N) is 2. The van der Waals surface area contributed by atoms with Crippen molar-refractivity contribution in [1.29, 1.82) is 0 Å². The third-order valence-corrected chi connectivity index (χ3v) is 6.31. The zero-order valence-corrected chi connectivity index (χ0v) is 19.2. The number of aryl methyl sites for hydroxylation is 2. The average molecular weight is 436 g/mol. The molecule has 0 radical (unpaired) electrons. The lowest BCUT2D eigenvalue weighted by atomic mass is 9.96. The van der Waals surface area contributed by atoms with E-state index >= 15 is 0 Å². The van der Waals surface area contributed by atoms with Crippen LogP contribution in [0.5, 0.6) is 0 Å². The molecule has 0 bridgehead atoms. The summed E-state index contributed by atoms with van der Waals surface area (Å²) in [7, 11) is 0. The number of fused-ring (bicyclic) bond motifs is 1. The van der Waals surface area contributed by atoms with Gasteiger partial charge in [-0.15, -0.1) is 0 Å². The highest BCUT2D eigenvalue weighted by Crippen LogP contribution is 2.29. The van der Waals surface area contributed by atoms with Crippen LogP contribution in [0.2, 0.25) is 0 Å². The zero-order valence-electron chi connectivity index (χ0n) is 19.2. The van der Waals surface area contributed by atoms with E-state index in [1.54, 1.807) is 6.20 Å². The van der Waals surface area contributed by atoms with Crippen LogP contribution in [0.15, 0.2) is 36.7 Å². The smallest absolute Gasteiger partial charge is 0.255 e. The van der Waals surface area contributed by atoms with Crippen LogP contribution in [-0.4, -0.2) is 39.9 Å². The van der Waals surface area contributed by atoms with Crippen molar-refractivity contribution in [2.75, 3.05) is 18.5 Å². The first-order valence-electron chi connectivity index (χ1n) is 11.7. The molecule has 1 atom stereocenters. The lowest BCUT2D eigenvalue weighted by molar-refractivity contribution is 0.0903. The lowest BCUT2D eigenvalue weighted by Gasteiger charge is -2.26. The van der Waals surface area contributed by atoms with Gasteiger partial charge in [0.2, 0.25) is 0 Å². The summed E-state index contributed by atoms with van der Waals surface area (Å²) in [6.45, 7) is 8.47. The number of ether oxygens (including phenoxy) is 1. The van der Waals surface area contributed by atoms with Crippen molar-refractivity contribution in [1.82, 2.24) is 20.1 Å². The molecular weight excluding hydrogens is 402 g/mol. The van der Waals surface area contributed by atoms with E-state index in [9.17, 15) is 4.79 Å². The summed E-state index contributed by atoms with van der Waals surface area (Å²) < 4.78 is 7.37. The molecule has 3 heterocycles. The number of carbonyl (C=O) groups excluding carboxylic acids is 1. The van der Waals surface area contributed by atoms with Gasteiger partial charge in [0.1, 0.15) is 0 Å². The SMILES string of the molecule is CCc1ccccc1C(CC)NC(=O)c1cnc2c(cnn2CC)c1NC1CCOCC1. The van der Waals surface area contributed by atoms with Gasteiger partial charge in [-0.3, -0.25) is 4.79 Å². The maximum absolute atomic E-state index is 13.5. The monoisotopic (exact) mass is 435 g/mol.